The summed E-state index contributed by atoms with van der Waals surface area (Å²) in [5, 5.41) is 0. The number of sulfonamides is 1. The minimum absolute atomic E-state index is 0.0337. The first-order valence-corrected chi connectivity index (χ1v) is 12.6. The SMILES string of the molecule is CCNS(=O)(=O)c1ccc(C)c(C(=O)OCC(=O)N2c3ccccc3CCc3ccccc32)c1. The third kappa shape index (κ3) is 4.73. The van der Waals surface area contributed by atoms with E-state index in [2.05, 4.69) is 4.72 Å². The van der Waals surface area contributed by atoms with Crippen LogP contribution in [0.1, 0.15) is 34.0 Å². The maximum Gasteiger partial charge on any atom is 0.338 e. The van der Waals surface area contributed by atoms with E-state index in [0.717, 1.165) is 35.3 Å². The van der Waals surface area contributed by atoms with Crippen molar-refractivity contribution in [3.8, 4) is 0 Å². The zero-order valence-corrected chi connectivity index (χ0v) is 19.9. The van der Waals surface area contributed by atoms with Crippen LogP contribution in [0, 0.1) is 6.92 Å². The fourth-order valence-electron chi connectivity index (χ4n) is 4.08. The fourth-order valence-corrected chi connectivity index (χ4v) is 5.15. The zero-order chi connectivity index (χ0) is 24.3. The first kappa shape index (κ1) is 23.7. The van der Waals surface area contributed by atoms with Gasteiger partial charge in [0.1, 0.15) is 0 Å². The molecule has 0 atom stereocenters. The molecule has 1 amide bonds. The van der Waals surface area contributed by atoms with Crippen LogP contribution in [0.5, 0.6) is 0 Å². The van der Waals surface area contributed by atoms with Crippen molar-refractivity contribution in [2.75, 3.05) is 18.1 Å². The van der Waals surface area contributed by atoms with Crippen molar-refractivity contribution in [3.63, 3.8) is 0 Å². The second-order valence-electron chi connectivity index (χ2n) is 8.04. The normalized spacial score (nSPS) is 12.9. The van der Waals surface area contributed by atoms with Crippen LogP contribution >= 0.6 is 0 Å². The van der Waals surface area contributed by atoms with E-state index in [1.54, 1.807) is 24.8 Å². The zero-order valence-electron chi connectivity index (χ0n) is 19.1. The number of amides is 1. The van der Waals surface area contributed by atoms with Crippen molar-refractivity contribution in [1.82, 2.24) is 4.72 Å². The van der Waals surface area contributed by atoms with E-state index in [9.17, 15) is 18.0 Å². The summed E-state index contributed by atoms with van der Waals surface area (Å²) in [4.78, 5) is 27.8. The van der Waals surface area contributed by atoms with E-state index in [1.807, 2.05) is 48.5 Å². The highest BCUT2D eigenvalue weighted by Gasteiger charge is 2.27. The van der Waals surface area contributed by atoms with Crippen molar-refractivity contribution in [2.24, 2.45) is 0 Å². The molecule has 4 rings (SSSR count). The van der Waals surface area contributed by atoms with Gasteiger partial charge in [0, 0.05) is 6.54 Å². The van der Waals surface area contributed by atoms with Gasteiger partial charge in [-0.15, -0.1) is 0 Å². The summed E-state index contributed by atoms with van der Waals surface area (Å²) < 4.78 is 32.4. The molecule has 0 radical (unpaired) electrons. The van der Waals surface area contributed by atoms with Gasteiger partial charge in [0.25, 0.3) is 5.91 Å². The van der Waals surface area contributed by atoms with E-state index in [0.29, 0.717) is 5.56 Å². The molecule has 0 bridgehead atoms. The lowest BCUT2D eigenvalue weighted by atomic mass is 10.0. The number of ether oxygens (including phenoxy) is 1. The average molecular weight is 479 g/mol. The van der Waals surface area contributed by atoms with Gasteiger partial charge in [-0.2, -0.15) is 0 Å². The molecule has 3 aromatic rings. The molecule has 1 aliphatic rings. The van der Waals surface area contributed by atoms with Gasteiger partial charge in [-0.05, 0) is 60.7 Å². The summed E-state index contributed by atoms with van der Waals surface area (Å²) in [6, 6.07) is 19.6. The molecule has 0 fully saturated rings. The second-order valence-corrected chi connectivity index (χ2v) is 9.81. The van der Waals surface area contributed by atoms with E-state index in [1.165, 1.54) is 12.1 Å². The second kappa shape index (κ2) is 9.79. The molecule has 0 unspecified atom stereocenters. The standard InChI is InChI=1S/C26H26N2O5S/c1-3-27-34(31,32)21-15-12-18(2)22(16-21)26(30)33-17-25(29)28-23-10-6-4-8-19(23)13-14-20-9-5-7-11-24(20)28/h4-12,15-16,27H,3,13-14,17H2,1-2H3. The molecule has 0 spiro atoms. The van der Waals surface area contributed by atoms with E-state index < -0.39 is 22.6 Å². The third-order valence-corrected chi connectivity index (χ3v) is 7.32. The molecule has 8 heteroatoms. The number of para-hydroxylation sites is 2. The molecule has 1 N–H and O–H groups in total. The Hall–Kier alpha value is -3.49. The minimum Gasteiger partial charge on any atom is -0.452 e. The van der Waals surface area contributed by atoms with Gasteiger partial charge in [0.2, 0.25) is 10.0 Å². The molecule has 0 saturated carbocycles. The Morgan fingerprint density at radius 1 is 0.941 bits per heavy atom. The number of nitrogens with zero attached hydrogens (tertiary/aromatic N) is 1. The smallest absolute Gasteiger partial charge is 0.338 e. The van der Waals surface area contributed by atoms with Gasteiger partial charge in [-0.3, -0.25) is 9.69 Å². The van der Waals surface area contributed by atoms with Crippen LogP contribution in [-0.2, 0) is 32.4 Å². The minimum atomic E-state index is -3.74. The lowest BCUT2D eigenvalue weighted by Crippen LogP contribution is -2.31. The third-order valence-electron chi connectivity index (χ3n) is 5.78. The average Bonchev–Trinajstić information content (AvgIpc) is 2.99. The largest absolute Gasteiger partial charge is 0.452 e. The number of anilines is 2. The summed E-state index contributed by atoms with van der Waals surface area (Å²) in [5.41, 5.74) is 4.26. The highest BCUT2D eigenvalue weighted by Crippen LogP contribution is 2.36. The quantitative estimate of drug-likeness (QED) is 0.542. The monoisotopic (exact) mass is 478 g/mol. The summed E-state index contributed by atoms with van der Waals surface area (Å²) >= 11 is 0. The number of hydrogen-bond donors (Lipinski definition) is 1. The van der Waals surface area contributed by atoms with Gasteiger partial charge in [-0.1, -0.05) is 49.4 Å². The van der Waals surface area contributed by atoms with Crippen LogP contribution in [-0.4, -0.2) is 33.4 Å². The van der Waals surface area contributed by atoms with Crippen LogP contribution in [0.25, 0.3) is 0 Å². The number of carbonyl (C=O) groups excluding carboxylic acids is 2. The summed E-state index contributed by atoms with van der Waals surface area (Å²) in [5.74, 6) is -1.14. The molecule has 0 saturated heterocycles. The van der Waals surface area contributed by atoms with Crippen LogP contribution in [0.4, 0.5) is 11.4 Å². The molecule has 0 aliphatic carbocycles. The van der Waals surface area contributed by atoms with Crippen molar-refractivity contribution in [1.29, 1.82) is 0 Å². The summed E-state index contributed by atoms with van der Waals surface area (Å²) in [7, 11) is -3.74. The summed E-state index contributed by atoms with van der Waals surface area (Å²) in [6.45, 7) is 3.10. The van der Waals surface area contributed by atoms with Crippen molar-refractivity contribution in [3.05, 3.63) is 89.0 Å². The Bertz CT molecular complexity index is 1300. The van der Waals surface area contributed by atoms with Crippen LogP contribution in [0.2, 0.25) is 0 Å². The highest BCUT2D eigenvalue weighted by molar-refractivity contribution is 7.89. The Kier molecular flexibility index (Phi) is 6.81. The van der Waals surface area contributed by atoms with Crippen molar-refractivity contribution < 1.29 is 22.7 Å². The molecule has 3 aromatic carbocycles. The lowest BCUT2D eigenvalue weighted by Gasteiger charge is -2.24. The number of nitrogens with one attached hydrogen (secondary N) is 1. The lowest BCUT2D eigenvalue weighted by molar-refractivity contribution is -0.120. The number of rotatable bonds is 6. The number of benzene rings is 3. The van der Waals surface area contributed by atoms with Gasteiger partial charge in [0.15, 0.2) is 6.61 Å². The fraction of sp³-hybridized carbons (Fsp3) is 0.231. The summed E-state index contributed by atoms with van der Waals surface area (Å²) in [6.07, 6.45) is 1.59. The predicted octanol–water partition coefficient (Wildman–Crippen LogP) is 3.91. The van der Waals surface area contributed by atoms with Gasteiger partial charge in [-0.25, -0.2) is 17.9 Å². The number of fused-ring (bicyclic) bond motifs is 2. The maximum atomic E-state index is 13.4. The molecular weight excluding hydrogens is 452 g/mol. The molecular formula is C26H26N2O5S. The van der Waals surface area contributed by atoms with Crippen LogP contribution < -0.4 is 9.62 Å². The van der Waals surface area contributed by atoms with Gasteiger partial charge in [0.05, 0.1) is 21.8 Å². The molecule has 1 aliphatic heterocycles. The number of carbonyl (C=O) groups is 2. The first-order chi connectivity index (χ1) is 16.3. The number of aryl methyl sites for hydroxylation is 3. The topological polar surface area (TPSA) is 92.8 Å². The van der Waals surface area contributed by atoms with E-state index in [-0.39, 0.29) is 22.9 Å². The molecule has 1 heterocycles. The van der Waals surface area contributed by atoms with Gasteiger partial charge >= 0.3 is 5.97 Å². The Balaban J connectivity index is 1.59. The molecule has 0 aromatic heterocycles. The first-order valence-electron chi connectivity index (χ1n) is 11.1. The predicted molar refractivity (Wildman–Crippen MR) is 130 cm³/mol. The van der Waals surface area contributed by atoms with E-state index in [4.69, 9.17) is 4.74 Å². The molecule has 176 valence electrons. The number of hydrogen-bond acceptors (Lipinski definition) is 5. The maximum absolute atomic E-state index is 13.4. The van der Waals surface area contributed by atoms with Crippen LogP contribution in [0.15, 0.2) is 71.6 Å². The van der Waals surface area contributed by atoms with Crippen molar-refractivity contribution in [2.45, 2.75) is 31.6 Å². The van der Waals surface area contributed by atoms with Crippen LogP contribution in [0.3, 0.4) is 0 Å². The Morgan fingerprint density at radius 3 is 2.12 bits per heavy atom. The Morgan fingerprint density at radius 2 is 1.53 bits per heavy atom. The Labute approximate surface area is 199 Å². The highest BCUT2D eigenvalue weighted by atomic mass is 32.2. The molecule has 34 heavy (non-hydrogen) atoms. The van der Waals surface area contributed by atoms with Crippen molar-refractivity contribution >= 4 is 33.3 Å². The number of esters is 1. The van der Waals surface area contributed by atoms with Gasteiger partial charge < -0.3 is 4.74 Å². The van der Waals surface area contributed by atoms with E-state index >= 15 is 0 Å². The molecule has 7 nitrogen and oxygen atoms in total.